The van der Waals surface area contributed by atoms with Crippen molar-refractivity contribution in [3.05, 3.63) is 64.9 Å². The lowest BCUT2D eigenvalue weighted by molar-refractivity contribution is -0.121. The lowest BCUT2D eigenvalue weighted by Gasteiger charge is -2.16. The van der Waals surface area contributed by atoms with Crippen molar-refractivity contribution in [2.45, 2.75) is 6.42 Å². The first-order chi connectivity index (χ1) is 12.0. The number of hydrogen-bond acceptors (Lipinski definition) is 3. The summed E-state index contributed by atoms with van der Waals surface area (Å²) in [5, 5.41) is 3.58. The van der Waals surface area contributed by atoms with Crippen LogP contribution >= 0.6 is 11.6 Å². The number of nitrogens with zero attached hydrogens (tertiary/aromatic N) is 1. The molecule has 134 valence electrons. The number of carbonyl (C=O) groups is 1. The molecule has 6 heteroatoms. The largest absolute Gasteiger partial charge is 0.489 e. The van der Waals surface area contributed by atoms with Crippen LogP contribution in [0.1, 0.15) is 5.56 Å². The van der Waals surface area contributed by atoms with Gasteiger partial charge in [0, 0.05) is 18.1 Å². The van der Waals surface area contributed by atoms with Crippen LogP contribution in [0.4, 0.5) is 4.39 Å². The summed E-state index contributed by atoms with van der Waals surface area (Å²) < 4.78 is 18.8. The molecule has 0 heterocycles. The van der Waals surface area contributed by atoms with Crippen LogP contribution < -0.4 is 10.1 Å². The van der Waals surface area contributed by atoms with Gasteiger partial charge in [-0.25, -0.2) is 4.39 Å². The highest BCUT2D eigenvalue weighted by Crippen LogP contribution is 2.15. The zero-order chi connectivity index (χ0) is 18.1. The van der Waals surface area contributed by atoms with E-state index < -0.39 is 0 Å². The first kappa shape index (κ1) is 19.2. The van der Waals surface area contributed by atoms with E-state index in [4.69, 9.17) is 16.3 Å². The Labute approximate surface area is 152 Å². The molecule has 2 rings (SSSR count). The summed E-state index contributed by atoms with van der Waals surface area (Å²) in [7, 11) is 1.82. The molecule has 1 amide bonds. The summed E-state index contributed by atoms with van der Waals surface area (Å²) in [6, 6.07) is 13.8. The van der Waals surface area contributed by atoms with Crippen molar-refractivity contribution in [2.75, 3.05) is 33.3 Å². The fourth-order valence-corrected chi connectivity index (χ4v) is 2.38. The molecule has 0 aliphatic rings. The molecule has 0 radical (unpaired) electrons. The van der Waals surface area contributed by atoms with Crippen molar-refractivity contribution in [3.8, 4) is 5.75 Å². The summed E-state index contributed by atoms with van der Waals surface area (Å²) in [5.74, 6) is -0.212. The SMILES string of the molecule is CN(CCOc1ccccc1F)CC(=O)NCCc1ccc(Cl)cc1. The Kier molecular flexibility index (Phi) is 7.70. The summed E-state index contributed by atoms with van der Waals surface area (Å²) in [6.45, 7) is 1.68. The molecule has 4 nitrogen and oxygen atoms in total. The van der Waals surface area contributed by atoms with E-state index in [1.807, 2.05) is 36.2 Å². The highest BCUT2D eigenvalue weighted by Gasteiger charge is 2.07. The molecule has 0 aromatic heterocycles. The van der Waals surface area contributed by atoms with Crippen LogP contribution in [-0.2, 0) is 11.2 Å². The fraction of sp³-hybridized carbons (Fsp3) is 0.316. The van der Waals surface area contributed by atoms with E-state index in [1.54, 1.807) is 18.2 Å². The molecular formula is C19H22ClFN2O2. The minimum Gasteiger partial charge on any atom is -0.489 e. The summed E-state index contributed by atoms with van der Waals surface area (Å²) in [4.78, 5) is 13.7. The van der Waals surface area contributed by atoms with Gasteiger partial charge >= 0.3 is 0 Å². The molecule has 0 saturated heterocycles. The van der Waals surface area contributed by atoms with Gasteiger partial charge in [0.2, 0.25) is 5.91 Å². The second kappa shape index (κ2) is 10.0. The van der Waals surface area contributed by atoms with Crippen LogP contribution in [0.2, 0.25) is 5.02 Å². The molecule has 1 N–H and O–H groups in total. The summed E-state index contributed by atoms with van der Waals surface area (Å²) in [6.07, 6.45) is 0.753. The van der Waals surface area contributed by atoms with Gasteiger partial charge in [-0.15, -0.1) is 0 Å². The van der Waals surface area contributed by atoms with Crippen molar-refractivity contribution in [1.82, 2.24) is 10.2 Å². The van der Waals surface area contributed by atoms with E-state index >= 15 is 0 Å². The van der Waals surface area contributed by atoms with Gasteiger partial charge in [-0.2, -0.15) is 0 Å². The molecule has 25 heavy (non-hydrogen) atoms. The molecule has 0 saturated carbocycles. The number of ether oxygens (including phenoxy) is 1. The number of rotatable bonds is 9. The predicted molar refractivity (Wildman–Crippen MR) is 97.6 cm³/mol. The normalized spacial score (nSPS) is 10.7. The third-order valence-corrected chi connectivity index (χ3v) is 3.88. The van der Waals surface area contributed by atoms with E-state index in [0.29, 0.717) is 24.7 Å². The number of para-hydroxylation sites is 1. The van der Waals surface area contributed by atoms with Crippen LogP contribution in [0.5, 0.6) is 5.75 Å². The van der Waals surface area contributed by atoms with Crippen molar-refractivity contribution in [2.24, 2.45) is 0 Å². The molecule has 0 unspecified atom stereocenters. The Hall–Kier alpha value is -2.11. The van der Waals surface area contributed by atoms with Gasteiger partial charge in [0.15, 0.2) is 11.6 Å². The number of nitrogens with one attached hydrogen (secondary N) is 1. The molecule has 0 aliphatic carbocycles. The lowest BCUT2D eigenvalue weighted by atomic mass is 10.1. The third-order valence-electron chi connectivity index (χ3n) is 3.63. The Morgan fingerprint density at radius 2 is 1.92 bits per heavy atom. The van der Waals surface area contributed by atoms with Crippen LogP contribution in [0.3, 0.4) is 0 Å². The van der Waals surface area contributed by atoms with E-state index in [1.165, 1.54) is 6.07 Å². The summed E-state index contributed by atoms with van der Waals surface area (Å²) >= 11 is 5.84. The van der Waals surface area contributed by atoms with Gasteiger partial charge in [0.25, 0.3) is 0 Å². The van der Waals surface area contributed by atoms with Crippen molar-refractivity contribution < 1.29 is 13.9 Å². The highest BCUT2D eigenvalue weighted by atomic mass is 35.5. The van der Waals surface area contributed by atoms with E-state index in [9.17, 15) is 9.18 Å². The van der Waals surface area contributed by atoms with Gasteiger partial charge in [0.05, 0.1) is 6.54 Å². The minimum atomic E-state index is -0.384. The van der Waals surface area contributed by atoms with E-state index in [-0.39, 0.29) is 24.0 Å². The first-order valence-electron chi connectivity index (χ1n) is 8.11. The molecule has 0 spiro atoms. The first-order valence-corrected chi connectivity index (χ1v) is 8.49. The maximum atomic E-state index is 13.4. The Bertz CT molecular complexity index is 679. The minimum absolute atomic E-state index is 0.0534. The molecule has 0 bridgehead atoms. The number of benzene rings is 2. The number of hydrogen-bond donors (Lipinski definition) is 1. The van der Waals surface area contributed by atoms with Crippen molar-refractivity contribution in [3.63, 3.8) is 0 Å². The monoisotopic (exact) mass is 364 g/mol. The zero-order valence-corrected chi connectivity index (χ0v) is 14.9. The maximum absolute atomic E-state index is 13.4. The smallest absolute Gasteiger partial charge is 0.234 e. The van der Waals surface area contributed by atoms with E-state index in [2.05, 4.69) is 5.32 Å². The topological polar surface area (TPSA) is 41.6 Å². The van der Waals surface area contributed by atoms with Gasteiger partial charge < -0.3 is 10.1 Å². The van der Waals surface area contributed by atoms with Crippen LogP contribution in [-0.4, -0.2) is 44.1 Å². The van der Waals surface area contributed by atoms with Gasteiger partial charge in [-0.1, -0.05) is 35.9 Å². The molecule has 2 aromatic carbocycles. The standard InChI is InChI=1S/C19H22ClFN2O2/c1-23(12-13-25-18-5-3-2-4-17(18)21)14-19(24)22-11-10-15-6-8-16(20)9-7-15/h2-9H,10-14H2,1H3,(H,22,24). The van der Waals surface area contributed by atoms with Gasteiger partial charge in [0.1, 0.15) is 6.61 Å². The number of amides is 1. The maximum Gasteiger partial charge on any atom is 0.234 e. The average molecular weight is 365 g/mol. The average Bonchev–Trinajstić information content (AvgIpc) is 2.58. The van der Waals surface area contributed by atoms with Gasteiger partial charge in [-0.3, -0.25) is 9.69 Å². The number of halogens is 2. The number of carbonyl (C=O) groups excluding carboxylic acids is 1. The molecule has 0 aliphatic heterocycles. The van der Waals surface area contributed by atoms with Crippen LogP contribution in [0.15, 0.2) is 48.5 Å². The van der Waals surface area contributed by atoms with E-state index in [0.717, 1.165) is 12.0 Å². The van der Waals surface area contributed by atoms with Crippen molar-refractivity contribution in [1.29, 1.82) is 0 Å². The Morgan fingerprint density at radius 1 is 1.20 bits per heavy atom. The summed E-state index contributed by atoms with van der Waals surface area (Å²) in [5.41, 5.74) is 1.12. The van der Waals surface area contributed by atoms with Crippen molar-refractivity contribution >= 4 is 17.5 Å². The second-order valence-electron chi connectivity index (χ2n) is 5.74. The number of likely N-dealkylation sites (N-methyl/N-ethyl adjacent to an activating group) is 1. The van der Waals surface area contributed by atoms with Crippen LogP contribution in [0.25, 0.3) is 0 Å². The zero-order valence-electron chi connectivity index (χ0n) is 14.2. The third kappa shape index (κ3) is 7.11. The Morgan fingerprint density at radius 3 is 2.64 bits per heavy atom. The molecular weight excluding hydrogens is 343 g/mol. The second-order valence-corrected chi connectivity index (χ2v) is 6.18. The quantitative estimate of drug-likeness (QED) is 0.743. The van der Waals surface area contributed by atoms with Crippen LogP contribution in [0, 0.1) is 5.82 Å². The van der Waals surface area contributed by atoms with Gasteiger partial charge in [-0.05, 0) is 43.3 Å². The molecule has 2 aromatic rings. The lowest BCUT2D eigenvalue weighted by Crippen LogP contribution is -2.37. The highest BCUT2D eigenvalue weighted by molar-refractivity contribution is 6.30. The molecule has 0 atom stereocenters. The molecule has 0 fully saturated rings. The Balaban J connectivity index is 1.61. The predicted octanol–water partition coefficient (Wildman–Crippen LogP) is 3.15. The fourth-order valence-electron chi connectivity index (χ4n) is 2.25.